The number of thiocarbonyl (C=S) groups is 1. The van der Waals surface area contributed by atoms with Gasteiger partial charge in [0.25, 0.3) is 0 Å². The third kappa shape index (κ3) is 4.63. The molecule has 1 aromatic rings. The molecular formula is C15H21NO2S. The lowest BCUT2D eigenvalue weighted by atomic mass is 10.0. The van der Waals surface area contributed by atoms with Crippen LogP contribution < -0.4 is 0 Å². The van der Waals surface area contributed by atoms with Gasteiger partial charge in [0.2, 0.25) is 0 Å². The van der Waals surface area contributed by atoms with E-state index in [9.17, 15) is 4.79 Å². The van der Waals surface area contributed by atoms with E-state index < -0.39 is 11.7 Å². The van der Waals surface area contributed by atoms with Crippen LogP contribution in [-0.4, -0.2) is 22.1 Å². The van der Waals surface area contributed by atoms with Crippen molar-refractivity contribution in [3.05, 3.63) is 35.9 Å². The standard InChI is InChI=1S/C15H21NO2S/c1-5-13(12-9-7-6-8-10-12)16(11-19)14(17)18-15(2,3)4/h6-11,13H,5H2,1-4H3. The van der Waals surface area contributed by atoms with Crippen LogP contribution in [0.25, 0.3) is 0 Å². The van der Waals surface area contributed by atoms with Gasteiger partial charge in [-0.1, -0.05) is 49.5 Å². The molecule has 0 bridgehead atoms. The van der Waals surface area contributed by atoms with Crippen molar-refractivity contribution in [3.63, 3.8) is 0 Å². The van der Waals surface area contributed by atoms with Gasteiger partial charge in [-0.15, -0.1) is 0 Å². The second-order valence-electron chi connectivity index (χ2n) is 5.33. The molecule has 19 heavy (non-hydrogen) atoms. The Morgan fingerprint density at radius 1 is 1.37 bits per heavy atom. The van der Waals surface area contributed by atoms with Gasteiger partial charge in [-0.25, -0.2) is 4.79 Å². The van der Waals surface area contributed by atoms with E-state index in [4.69, 9.17) is 17.0 Å². The zero-order valence-corrected chi connectivity index (χ0v) is 12.7. The van der Waals surface area contributed by atoms with Crippen molar-refractivity contribution in [2.24, 2.45) is 0 Å². The summed E-state index contributed by atoms with van der Waals surface area (Å²) in [6.07, 6.45) is 0.370. The van der Waals surface area contributed by atoms with Gasteiger partial charge in [0.1, 0.15) is 5.60 Å². The Morgan fingerprint density at radius 2 is 1.95 bits per heavy atom. The Hall–Kier alpha value is -1.42. The van der Waals surface area contributed by atoms with E-state index in [-0.39, 0.29) is 6.04 Å². The topological polar surface area (TPSA) is 29.5 Å². The molecule has 1 atom stereocenters. The molecule has 1 amide bonds. The number of hydrogen-bond donors (Lipinski definition) is 0. The summed E-state index contributed by atoms with van der Waals surface area (Å²) in [6, 6.07) is 9.75. The van der Waals surface area contributed by atoms with E-state index in [1.54, 1.807) is 0 Å². The fourth-order valence-electron chi connectivity index (χ4n) is 1.83. The van der Waals surface area contributed by atoms with Crippen molar-refractivity contribution in [2.75, 3.05) is 0 Å². The van der Waals surface area contributed by atoms with Crippen LogP contribution in [0.3, 0.4) is 0 Å². The van der Waals surface area contributed by atoms with E-state index in [0.717, 1.165) is 12.0 Å². The van der Waals surface area contributed by atoms with Gasteiger partial charge < -0.3 is 4.74 Å². The molecule has 0 saturated heterocycles. The summed E-state index contributed by atoms with van der Waals surface area (Å²) in [4.78, 5) is 13.7. The fraction of sp³-hybridized carbons (Fsp3) is 0.467. The summed E-state index contributed by atoms with van der Waals surface area (Å²) in [5.74, 6) is 0. The first-order valence-electron chi connectivity index (χ1n) is 6.40. The van der Waals surface area contributed by atoms with E-state index in [1.807, 2.05) is 58.0 Å². The molecule has 0 N–H and O–H groups in total. The summed E-state index contributed by atoms with van der Waals surface area (Å²) < 4.78 is 5.38. The SMILES string of the molecule is CCC(c1ccccc1)N(C=S)C(=O)OC(C)(C)C. The van der Waals surface area contributed by atoms with Crippen LogP contribution in [0.1, 0.15) is 45.7 Å². The number of nitrogens with zero attached hydrogens (tertiary/aromatic N) is 1. The lowest BCUT2D eigenvalue weighted by Crippen LogP contribution is -2.37. The van der Waals surface area contributed by atoms with Crippen LogP contribution in [0.4, 0.5) is 4.79 Å². The highest BCUT2D eigenvalue weighted by molar-refractivity contribution is 7.78. The normalized spacial score (nSPS) is 12.6. The minimum Gasteiger partial charge on any atom is -0.443 e. The van der Waals surface area contributed by atoms with Gasteiger partial charge in [-0.2, -0.15) is 0 Å². The molecule has 3 nitrogen and oxygen atoms in total. The van der Waals surface area contributed by atoms with Crippen LogP contribution in [0.15, 0.2) is 30.3 Å². The van der Waals surface area contributed by atoms with Crippen LogP contribution in [0.5, 0.6) is 0 Å². The second kappa shape index (κ2) is 6.66. The number of rotatable bonds is 4. The molecule has 0 saturated carbocycles. The summed E-state index contributed by atoms with van der Waals surface area (Å²) >= 11 is 4.98. The zero-order chi connectivity index (χ0) is 14.5. The van der Waals surface area contributed by atoms with Crippen molar-refractivity contribution in [1.29, 1.82) is 0 Å². The van der Waals surface area contributed by atoms with Crippen molar-refractivity contribution in [1.82, 2.24) is 4.90 Å². The molecule has 4 heteroatoms. The summed E-state index contributed by atoms with van der Waals surface area (Å²) in [5, 5.41) is 0. The number of ether oxygens (including phenoxy) is 1. The third-order valence-corrected chi connectivity index (χ3v) is 2.85. The highest BCUT2D eigenvalue weighted by Crippen LogP contribution is 2.24. The summed E-state index contributed by atoms with van der Waals surface area (Å²) in [6.45, 7) is 7.55. The Morgan fingerprint density at radius 3 is 2.37 bits per heavy atom. The predicted octanol–water partition coefficient (Wildman–Crippen LogP) is 4.33. The number of carbonyl (C=O) groups is 1. The molecule has 1 aromatic carbocycles. The average molecular weight is 279 g/mol. The van der Waals surface area contributed by atoms with E-state index in [1.165, 1.54) is 10.4 Å². The Bertz CT molecular complexity index is 426. The number of hydrogen-bond acceptors (Lipinski definition) is 3. The van der Waals surface area contributed by atoms with E-state index in [2.05, 4.69) is 0 Å². The second-order valence-corrected chi connectivity index (χ2v) is 5.54. The zero-order valence-electron chi connectivity index (χ0n) is 11.9. The largest absolute Gasteiger partial charge is 0.443 e. The van der Waals surface area contributed by atoms with Crippen molar-refractivity contribution >= 4 is 23.8 Å². The molecule has 0 aliphatic carbocycles. The van der Waals surface area contributed by atoms with Gasteiger partial charge in [-0.05, 0) is 32.8 Å². The van der Waals surface area contributed by atoms with Crippen molar-refractivity contribution < 1.29 is 9.53 Å². The molecular weight excluding hydrogens is 258 g/mol. The maximum absolute atomic E-state index is 12.2. The number of carbonyl (C=O) groups excluding carboxylic acids is 1. The van der Waals surface area contributed by atoms with Crippen molar-refractivity contribution in [2.45, 2.75) is 45.8 Å². The maximum Gasteiger partial charge on any atom is 0.415 e. The maximum atomic E-state index is 12.2. The molecule has 104 valence electrons. The Labute approximate surface area is 120 Å². The van der Waals surface area contributed by atoms with Crippen LogP contribution in [0, 0.1) is 0 Å². The minimum absolute atomic E-state index is 0.0893. The number of benzene rings is 1. The van der Waals surface area contributed by atoms with E-state index in [0.29, 0.717) is 0 Å². The molecule has 0 radical (unpaired) electrons. The Balaban J connectivity index is 2.94. The van der Waals surface area contributed by atoms with Gasteiger partial charge >= 0.3 is 6.09 Å². The van der Waals surface area contributed by atoms with Crippen molar-refractivity contribution in [3.8, 4) is 0 Å². The first-order chi connectivity index (χ1) is 8.89. The molecule has 0 aliphatic rings. The van der Waals surface area contributed by atoms with Crippen LogP contribution >= 0.6 is 12.2 Å². The number of amides is 1. The molecule has 0 spiro atoms. The molecule has 1 rings (SSSR count). The van der Waals surface area contributed by atoms with E-state index >= 15 is 0 Å². The molecule has 0 aromatic heterocycles. The first kappa shape index (κ1) is 15.6. The van der Waals surface area contributed by atoms with Gasteiger partial charge in [0.05, 0.1) is 11.5 Å². The Kier molecular flexibility index (Phi) is 5.48. The molecule has 1 unspecified atom stereocenters. The summed E-state index contributed by atoms with van der Waals surface area (Å²) in [5.41, 5.74) is 1.90. The highest BCUT2D eigenvalue weighted by Gasteiger charge is 2.26. The average Bonchev–Trinajstić information content (AvgIpc) is 2.34. The molecule has 0 aliphatic heterocycles. The monoisotopic (exact) mass is 279 g/mol. The molecule has 0 fully saturated rings. The smallest absolute Gasteiger partial charge is 0.415 e. The summed E-state index contributed by atoms with van der Waals surface area (Å²) in [7, 11) is 0. The van der Waals surface area contributed by atoms with Gasteiger partial charge in [-0.3, -0.25) is 4.90 Å². The third-order valence-electron chi connectivity index (χ3n) is 2.62. The molecule has 0 heterocycles. The predicted molar refractivity (Wildman–Crippen MR) is 81.2 cm³/mol. The first-order valence-corrected chi connectivity index (χ1v) is 6.87. The lowest BCUT2D eigenvalue weighted by Gasteiger charge is -2.30. The van der Waals surface area contributed by atoms with Crippen LogP contribution in [-0.2, 0) is 4.74 Å². The highest BCUT2D eigenvalue weighted by atomic mass is 32.1. The minimum atomic E-state index is -0.525. The van der Waals surface area contributed by atoms with Crippen LogP contribution in [0.2, 0.25) is 0 Å². The van der Waals surface area contributed by atoms with Gasteiger partial charge in [0.15, 0.2) is 0 Å². The van der Waals surface area contributed by atoms with Gasteiger partial charge in [0, 0.05) is 0 Å². The quantitative estimate of drug-likeness (QED) is 0.768. The lowest BCUT2D eigenvalue weighted by molar-refractivity contribution is 0.0319. The fourth-order valence-corrected chi connectivity index (χ4v) is 2.06.